The van der Waals surface area contributed by atoms with E-state index in [1.807, 2.05) is 0 Å². The van der Waals surface area contributed by atoms with E-state index in [2.05, 4.69) is 14.5 Å². The van der Waals surface area contributed by atoms with Gasteiger partial charge in [-0.05, 0) is 19.1 Å². The Kier molecular flexibility index (Phi) is 3.76. The summed E-state index contributed by atoms with van der Waals surface area (Å²) in [5.41, 5.74) is -0.145. The van der Waals surface area contributed by atoms with Crippen LogP contribution in [0.15, 0.2) is 32.4 Å². The third-order valence-corrected chi connectivity index (χ3v) is 5.07. The van der Waals surface area contributed by atoms with Gasteiger partial charge in [0.2, 0.25) is 0 Å². The van der Waals surface area contributed by atoms with Crippen LogP contribution in [-0.4, -0.2) is 41.6 Å². The highest BCUT2D eigenvalue weighted by Crippen LogP contribution is 2.30. The van der Waals surface area contributed by atoms with Crippen LogP contribution in [0.1, 0.15) is 12.5 Å². The number of benzene rings is 1. The molecule has 0 saturated carbocycles. The van der Waals surface area contributed by atoms with Crippen LogP contribution in [0.2, 0.25) is 0 Å². The number of sulfonamides is 1. The first-order valence-electron chi connectivity index (χ1n) is 5.79. The van der Waals surface area contributed by atoms with E-state index in [9.17, 15) is 21.6 Å². The zero-order chi connectivity index (χ0) is 15.8. The smallest absolute Gasteiger partial charge is 0.412 e. The van der Waals surface area contributed by atoms with Crippen molar-refractivity contribution in [3.8, 4) is 0 Å². The van der Waals surface area contributed by atoms with Gasteiger partial charge >= 0.3 is 6.09 Å². The van der Waals surface area contributed by atoms with Gasteiger partial charge in [-0.25, -0.2) is 13.2 Å². The summed E-state index contributed by atoms with van der Waals surface area (Å²) in [4.78, 5) is 10.9. The fourth-order valence-electron chi connectivity index (χ4n) is 1.83. The molecule has 0 aromatic heterocycles. The molecule has 21 heavy (non-hydrogen) atoms. The maximum absolute atomic E-state index is 11.9. The molecule has 0 atom stereocenters. The molecule has 0 fully saturated rings. The van der Waals surface area contributed by atoms with Gasteiger partial charge in [-0.1, -0.05) is 6.07 Å². The van der Waals surface area contributed by atoms with Crippen molar-refractivity contribution in [2.24, 2.45) is 4.40 Å². The number of amidine groups is 1. The number of nitrogens with zero attached hydrogens (tertiary/aromatic N) is 1. The molecule has 0 spiro atoms. The highest BCUT2D eigenvalue weighted by atomic mass is 32.2. The lowest BCUT2D eigenvalue weighted by molar-refractivity contribution is 0.158. The molecule has 0 aliphatic carbocycles. The number of rotatable bonds is 2. The van der Waals surface area contributed by atoms with Gasteiger partial charge in [-0.15, -0.1) is 4.40 Å². The molecule has 0 unspecified atom stereocenters. The molecular weight excluding hydrogens is 320 g/mol. The molecule has 1 heterocycles. The van der Waals surface area contributed by atoms with E-state index in [4.69, 9.17) is 0 Å². The molecule has 1 N–H and O–H groups in total. The van der Waals surface area contributed by atoms with Crippen LogP contribution in [-0.2, 0) is 24.6 Å². The standard InChI is InChI=1S/C11H12N2O6S2/c1-3-19-11(14)12-10-9-7(20(2,15)16)5-4-6-8(9)21(17,18)13-10/h4-6H,3H2,1-2H3,(H,12,13,14). The van der Waals surface area contributed by atoms with Crippen LogP contribution in [0.3, 0.4) is 0 Å². The Balaban J connectivity index is 2.63. The lowest BCUT2D eigenvalue weighted by Gasteiger charge is -2.09. The van der Waals surface area contributed by atoms with Gasteiger partial charge in [0.25, 0.3) is 10.0 Å². The highest BCUT2D eigenvalue weighted by molar-refractivity contribution is 7.91. The summed E-state index contributed by atoms with van der Waals surface area (Å²) in [6.07, 6.45) is 0.0258. The number of ether oxygens (including phenoxy) is 1. The predicted molar refractivity (Wildman–Crippen MR) is 73.4 cm³/mol. The highest BCUT2D eigenvalue weighted by Gasteiger charge is 2.34. The number of sulfone groups is 1. The van der Waals surface area contributed by atoms with E-state index in [0.29, 0.717) is 0 Å². The van der Waals surface area contributed by atoms with E-state index in [1.54, 1.807) is 6.92 Å². The third-order valence-electron chi connectivity index (χ3n) is 2.61. The molecule has 1 amide bonds. The summed E-state index contributed by atoms with van der Waals surface area (Å²) in [7, 11) is -7.74. The quantitative estimate of drug-likeness (QED) is 0.831. The number of alkyl carbamates (subject to hydrolysis) is 1. The molecule has 1 aromatic carbocycles. The zero-order valence-electron chi connectivity index (χ0n) is 11.2. The normalized spacial score (nSPS) is 16.0. The monoisotopic (exact) mass is 332 g/mol. The molecular formula is C11H12N2O6S2. The molecule has 1 aliphatic rings. The van der Waals surface area contributed by atoms with Crippen molar-refractivity contribution in [3.63, 3.8) is 0 Å². The van der Waals surface area contributed by atoms with Crippen LogP contribution < -0.4 is 5.32 Å². The molecule has 1 aliphatic heterocycles. The average Bonchev–Trinajstić information content (AvgIpc) is 2.60. The largest absolute Gasteiger partial charge is 0.450 e. The molecule has 1 aromatic rings. The second-order valence-electron chi connectivity index (χ2n) is 4.16. The fraction of sp³-hybridized carbons (Fsp3) is 0.273. The number of carbonyl (C=O) groups is 1. The number of amides is 1. The van der Waals surface area contributed by atoms with Crippen molar-refractivity contribution in [2.75, 3.05) is 12.9 Å². The lowest BCUT2D eigenvalue weighted by atomic mass is 10.2. The van der Waals surface area contributed by atoms with Gasteiger partial charge in [0, 0.05) is 6.26 Å². The minimum atomic E-state index is -4.04. The van der Waals surface area contributed by atoms with Crippen molar-refractivity contribution in [3.05, 3.63) is 23.8 Å². The topological polar surface area (TPSA) is 119 Å². The van der Waals surface area contributed by atoms with E-state index in [1.165, 1.54) is 18.2 Å². The van der Waals surface area contributed by atoms with E-state index in [0.717, 1.165) is 6.26 Å². The summed E-state index contributed by atoms with van der Waals surface area (Å²) >= 11 is 0. The van der Waals surface area contributed by atoms with Crippen LogP contribution in [0, 0.1) is 0 Å². The average molecular weight is 332 g/mol. The van der Waals surface area contributed by atoms with Crippen molar-refractivity contribution in [1.82, 2.24) is 5.32 Å². The summed E-state index contributed by atoms with van der Waals surface area (Å²) in [6.45, 7) is 1.65. The zero-order valence-corrected chi connectivity index (χ0v) is 12.8. The Morgan fingerprint density at radius 3 is 2.62 bits per heavy atom. The summed E-state index contributed by atoms with van der Waals surface area (Å²) < 4.78 is 55.4. The first-order chi connectivity index (χ1) is 9.66. The van der Waals surface area contributed by atoms with Gasteiger partial charge in [-0.3, -0.25) is 5.32 Å². The number of hydrogen-bond acceptors (Lipinski definition) is 6. The number of carbonyl (C=O) groups excluding carboxylic acids is 1. The maximum Gasteiger partial charge on any atom is 0.412 e. The van der Waals surface area contributed by atoms with Gasteiger partial charge in [-0.2, -0.15) is 8.42 Å². The van der Waals surface area contributed by atoms with Crippen molar-refractivity contribution >= 4 is 31.8 Å². The predicted octanol–water partition coefficient (Wildman–Crippen LogP) is 0.285. The summed E-state index contributed by atoms with van der Waals surface area (Å²) in [6, 6.07) is 3.77. The van der Waals surface area contributed by atoms with Crippen molar-refractivity contribution in [1.29, 1.82) is 0 Å². The SMILES string of the molecule is CCOC(=O)NC1=NS(=O)(=O)c2cccc(S(C)(=O)=O)c21. The fourth-order valence-corrected chi connectivity index (χ4v) is 3.99. The van der Waals surface area contributed by atoms with Gasteiger partial charge in [0.1, 0.15) is 4.90 Å². The summed E-state index contributed by atoms with van der Waals surface area (Å²) in [5.74, 6) is -0.357. The second-order valence-corrected chi connectivity index (χ2v) is 7.72. The van der Waals surface area contributed by atoms with Crippen molar-refractivity contribution < 1.29 is 26.4 Å². The third kappa shape index (κ3) is 2.90. The first-order valence-corrected chi connectivity index (χ1v) is 9.12. The summed E-state index contributed by atoms with van der Waals surface area (Å²) in [5, 5.41) is 2.15. The van der Waals surface area contributed by atoms with Crippen LogP contribution >= 0.6 is 0 Å². The first kappa shape index (κ1) is 15.4. The molecule has 2 rings (SSSR count). The number of nitrogens with one attached hydrogen (secondary N) is 1. The van der Waals surface area contributed by atoms with Crippen molar-refractivity contribution in [2.45, 2.75) is 16.7 Å². The Morgan fingerprint density at radius 1 is 1.38 bits per heavy atom. The molecule has 0 bridgehead atoms. The molecule has 8 nitrogen and oxygen atoms in total. The molecule has 114 valence electrons. The van der Waals surface area contributed by atoms with Crippen LogP contribution in [0.4, 0.5) is 4.79 Å². The lowest BCUT2D eigenvalue weighted by Crippen LogP contribution is -2.31. The Bertz CT molecular complexity index is 839. The van der Waals surface area contributed by atoms with E-state index < -0.39 is 26.0 Å². The molecule has 10 heteroatoms. The van der Waals surface area contributed by atoms with Gasteiger partial charge in [0.05, 0.1) is 17.1 Å². The van der Waals surface area contributed by atoms with Crippen LogP contribution in [0.25, 0.3) is 0 Å². The molecule has 0 radical (unpaired) electrons. The van der Waals surface area contributed by atoms with E-state index >= 15 is 0 Å². The van der Waals surface area contributed by atoms with Crippen LogP contribution in [0.5, 0.6) is 0 Å². The Labute approximate surface area is 121 Å². The second kappa shape index (κ2) is 5.11. The van der Waals surface area contributed by atoms with E-state index in [-0.39, 0.29) is 27.8 Å². The minimum Gasteiger partial charge on any atom is -0.450 e. The van der Waals surface area contributed by atoms with Gasteiger partial charge < -0.3 is 4.74 Å². The van der Waals surface area contributed by atoms with Gasteiger partial charge in [0.15, 0.2) is 15.7 Å². The number of hydrogen-bond donors (Lipinski definition) is 1. The minimum absolute atomic E-state index is 0.0758. The Hall–Kier alpha value is -1.94. The molecule has 0 saturated heterocycles. The maximum atomic E-state index is 11.9. The Morgan fingerprint density at radius 2 is 2.05 bits per heavy atom. The number of fused-ring (bicyclic) bond motifs is 1.